The molecule has 1 atom stereocenters. The van der Waals surface area contributed by atoms with Crippen LogP contribution in [0.15, 0.2) is 53.3 Å². The van der Waals surface area contributed by atoms with Gasteiger partial charge in [0.15, 0.2) is 4.77 Å². The fraction of sp³-hybridized carbons (Fsp3) is 0.211. The zero-order valence-corrected chi connectivity index (χ0v) is 15.7. The monoisotopic (exact) mass is 387 g/mol. The maximum atomic E-state index is 12.6. The van der Waals surface area contributed by atoms with Crippen LogP contribution >= 0.6 is 23.8 Å². The molecule has 1 aromatic heterocycles. The number of halogens is 1. The molecule has 0 bridgehead atoms. The number of nitrogens with zero attached hydrogens (tertiary/aromatic N) is 1. The first-order chi connectivity index (χ1) is 12.5. The molecule has 0 fully saturated rings. The number of nitrogens with one attached hydrogen (secondary N) is 2. The quantitative estimate of drug-likeness (QED) is 0.651. The standard InChI is InChI=1S/C19H18ClN3O2S/c1-12(13-5-4-6-14(20)11-13)21-17(24)9-10-23-18(25)15-7-2-3-8-16(15)22-19(23)26/h2-8,11-12H,9-10H2,1H3,(H,21,24)(H,22,26)/t12-/m0/s1. The van der Waals surface area contributed by atoms with Gasteiger partial charge in [0.25, 0.3) is 5.56 Å². The molecule has 0 saturated carbocycles. The molecule has 0 aliphatic carbocycles. The van der Waals surface area contributed by atoms with Crippen LogP contribution in [0.25, 0.3) is 10.9 Å². The number of fused-ring (bicyclic) bond motifs is 1. The van der Waals surface area contributed by atoms with Crippen molar-refractivity contribution in [3.05, 3.63) is 74.2 Å². The first kappa shape index (κ1) is 18.4. The van der Waals surface area contributed by atoms with Crippen LogP contribution in [0.4, 0.5) is 0 Å². The first-order valence-electron chi connectivity index (χ1n) is 8.22. The SMILES string of the molecule is C[C@H](NC(=O)CCn1c(=S)[nH]c2ccccc2c1=O)c1cccc(Cl)c1. The summed E-state index contributed by atoms with van der Waals surface area (Å²) in [6, 6.07) is 14.3. The molecule has 0 saturated heterocycles. The fourth-order valence-electron chi connectivity index (χ4n) is 2.79. The second-order valence-corrected chi connectivity index (χ2v) is 6.85. The minimum absolute atomic E-state index is 0.153. The van der Waals surface area contributed by atoms with Gasteiger partial charge in [-0.05, 0) is 49.0 Å². The lowest BCUT2D eigenvalue weighted by atomic mass is 10.1. The van der Waals surface area contributed by atoms with Gasteiger partial charge in [0.1, 0.15) is 0 Å². The number of benzene rings is 2. The summed E-state index contributed by atoms with van der Waals surface area (Å²) >= 11 is 11.2. The summed E-state index contributed by atoms with van der Waals surface area (Å²) in [5, 5.41) is 4.09. The van der Waals surface area contributed by atoms with E-state index in [0.29, 0.717) is 20.7 Å². The number of carbonyl (C=O) groups excluding carboxylic acids is 1. The van der Waals surface area contributed by atoms with Crippen molar-refractivity contribution in [2.45, 2.75) is 25.9 Å². The predicted octanol–water partition coefficient (Wildman–Crippen LogP) is 3.98. The van der Waals surface area contributed by atoms with E-state index in [1.165, 1.54) is 4.57 Å². The van der Waals surface area contributed by atoms with Crippen molar-refractivity contribution in [2.24, 2.45) is 0 Å². The molecule has 2 aromatic carbocycles. The van der Waals surface area contributed by atoms with E-state index in [0.717, 1.165) is 5.56 Å². The third-order valence-corrected chi connectivity index (χ3v) is 4.74. The maximum absolute atomic E-state index is 12.6. The van der Waals surface area contributed by atoms with Crippen molar-refractivity contribution in [3.63, 3.8) is 0 Å². The Labute approximate surface area is 160 Å². The zero-order chi connectivity index (χ0) is 18.7. The van der Waals surface area contributed by atoms with Gasteiger partial charge in [-0.1, -0.05) is 35.9 Å². The summed E-state index contributed by atoms with van der Waals surface area (Å²) in [6.45, 7) is 2.10. The van der Waals surface area contributed by atoms with E-state index in [4.69, 9.17) is 23.8 Å². The van der Waals surface area contributed by atoms with Crippen molar-refractivity contribution in [1.29, 1.82) is 0 Å². The molecule has 0 spiro atoms. The average molecular weight is 388 g/mol. The highest BCUT2D eigenvalue weighted by Crippen LogP contribution is 2.17. The van der Waals surface area contributed by atoms with E-state index in [-0.39, 0.29) is 30.5 Å². The second-order valence-electron chi connectivity index (χ2n) is 6.03. The van der Waals surface area contributed by atoms with E-state index in [2.05, 4.69) is 10.3 Å². The Bertz CT molecular complexity index is 1070. The Balaban J connectivity index is 1.71. The molecule has 3 aromatic rings. The van der Waals surface area contributed by atoms with Gasteiger partial charge in [0.2, 0.25) is 5.91 Å². The lowest BCUT2D eigenvalue weighted by Gasteiger charge is -2.15. The summed E-state index contributed by atoms with van der Waals surface area (Å²) in [5.41, 5.74) is 1.42. The Morgan fingerprint density at radius 3 is 2.81 bits per heavy atom. The van der Waals surface area contributed by atoms with Crippen LogP contribution in [-0.2, 0) is 11.3 Å². The van der Waals surface area contributed by atoms with Crippen molar-refractivity contribution >= 4 is 40.6 Å². The van der Waals surface area contributed by atoms with Gasteiger partial charge in [-0.3, -0.25) is 14.2 Å². The van der Waals surface area contributed by atoms with Crippen LogP contribution in [0.5, 0.6) is 0 Å². The van der Waals surface area contributed by atoms with Crippen molar-refractivity contribution in [1.82, 2.24) is 14.9 Å². The van der Waals surface area contributed by atoms with Gasteiger partial charge in [0.05, 0.1) is 16.9 Å². The number of amides is 1. The normalized spacial score (nSPS) is 12.1. The summed E-state index contributed by atoms with van der Waals surface area (Å²) in [7, 11) is 0. The molecule has 3 rings (SSSR count). The van der Waals surface area contributed by atoms with E-state index >= 15 is 0 Å². The van der Waals surface area contributed by atoms with Crippen LogP contribution in [0.2, 0.25) is 5.02 Å². The molecule has 1 amide bonds. The molecular weight excluding hydrogens is 370 g/mol. The number of rotatable bonds is 5. The first-order valence-corrected chi connectivity index (χ1v) is 9.01. The Morgan fingerprint density at radius 2 is 2.04 bits per heavy atom. The molecular formula is C19H18ClN3O2S. The number of hydrogen-bond acceptors (Lipinski definition) is 3. The summed E-state index contributed by atoms with van der Waals surface area (Å²) in [5.74, 6) is -0.160. The van der Waals surface area contributed by atoms with Gasteiger partial charge >= 0.3 is 0 Å². The summed E-state index contributed by atoms with van der Waals surface area (Å²) in [6.07, 6.45) is 0.153. The highest BCUT2D eigenvalue weighted by atomic mass is 35.5. The zero-order valence-electron chi connectivity index (χ0n) is 14.2. The molecule has 0 aliphatic heterocycles. The summed E-state index contributed by atoms with van der Waals surface area (Å²) < 4.78 is 1.73. The molecule has 5 nitrogen and oxygen atoms in total. The number of carbonyl (C=O) groups is 1. The molecule has 134 valence electrons. The summed E-state index contributed by atoms with van der Waals surface area (Å²) in [4.78, 5) is 27.9. The Kier molecular flexibility index (Phi) is 5.54. The van der Waals surface area contributed by atoms with Crippen molar-refractivity contribution in [3.8, 4) is 0 Å². The number of aromatic amines is 1. The number of H-pyrrole nitrogens is 1. The van der Waals surface area contributed by atoms with E-state index in [1.807, 2.05) is 31.2 Å². The van der Waals surface area contributed by atoms with E-state index in [9.17, 15) is 9.59 Å². The predicted molar refractivity (Wildman–Crippen MR) is 106 cm³/mol. The van der Waals surface area contributed by atoms with Gasteiger partial charge < -0.3 is 10.3 Å². The van der Waals surface area contributed by atoms with Crippen LogP contribution in [0.3, 0.4) is 0 Å². The van der Waals surface area contributed by atoms with E-state index < -0.39 is 0 Å². The highest BCUT2D eigenvalue weighted by Gasteiger charge is 2.11. The van der Waals surface area contributed by atoms with E-state index in [1.54, 1.807) is 24.3 Å². The second kappa shape index (κ2) is 7.85. The minimum Gasteiger partial charge on any atom is -0.350 e. The fourth-order valence-corrected chi connectivity index (χ4v) is 3.27. The molecule has 2 N–H and O–H groups in total. The lowest BCUT2D eigenvalue weighted by Crippen LogP contribution is -2.30. The van der Waals surface area contributed by atoms with Crippen molar-refractivity contribution < 1.29 is 4.79 Å². The van der Waals surface area contributed by atoms with Crippen LogP contribution in [-0.4, -0.2) is 15.5 Å². The van der Waals surface area contributed by atoms with Gasteiger partial charge in [-0.15, -0.1) is 0 Å². The third-order valence-electron chi connectivity index (χ3n) is 4.18. The number of aromatic nitrogens is 2. The number of hydrogen-bond donors (Lipinski definition) is 2. The van der Waals surface area contributed by atoms with Gasteiger partial charge in [-0.25, -0.2) is 0 Å². The molecule has 0 aliphatic rings. The molecule has 26 heavy (non-hydrogen) atoms. The molecule has 1 heterocycles. The largest absolute Gasteiger partial charge is 0.350 e. The highest BCUT2D eigenvalue weighted by molar-refractivity contribution is 7.71. The molecule has 7 heteroatoms. The van der Waals surface area contributed by atoms with Gasteiger partial charge in [-0.2, -0.15) is 0 Å². The molecule has 0 unspecified atom stereocenters. The van der Waals surface area contributed by atoms with Crippen molar-refractivity contribution in [2.75, 3.05) is 0 Å². The smallest absolute Gasteiger partial charge is 0.262 e. The maximum Gasteiger partial charge on any atom is 0.262 e. The van der Waals surface area contributed by atoms with Crippen LogP contribution in [0.1, 0.15) is 24.9 Å². The topological polar surface area (TPSA) is 66.9 Å². The number of para-hydroxylation sites is 1. The Hall–Kier alpha value is -2.44. The van der Waals surface area contributed by atoms with Crippen LogP contribution < -0.4 is 10.9 Å². The average Bonchev–Trinajstić information content (AvgIpc) is 2.61. The van der Waals surface area contributed by atoms with Gasteiger partial charge in [0, 0.05) is 18.0 Å². The molecule has 0 radical (unpaired) electrons. The van der Waals surface area contributed by atoms with Crippen LogP contribution in [0, 0.1) is 4.77 Å². The third kappa shape index (κ3) is 4.03. The minimum atomic E-state index is -0.194. The lowest BCUT2D eigenvalue weighted by molar-refractivity contribution is -0.122. The Morgan fingerprint density at radius 1 is 1.27 bits per heavy atom.